The normalized spacial score (nSPS) is 13.0. The number of aryl methyl sites for hydroxylation is 3. The number of benzene rings is 9. The zero-order valence-electron chi connectivity index (χ0n) is 37.6. The number of rotatable bonds is 12. The van der Waals surface area contributed by atoms with Crippen LogP contribution in [0.15, 0.2) is 212 Å². The van der Waals surface area contributed by atoms with Gasteiger partial charge in [-0.3, -0.25) is 0 Å². The summed E-state index contributed by atoms with van der Waals surface area (Å²) >= 11 is 0. The molecule has 1 aliphatic carbocycles. The van der Waals surface area contributed by atoms with Crippen molar-refractivity contribution >= 4 is 38.9 Å². The van der Waals surface area contributed by atoms with Gasteiger partial charge in [0.05, 0.1) is 11.0 Å². The van der Waals surface area contributed by atoms with Crippen molar-refractivity contribution in [3.8, 4) is 39.1 Å². The van der Waals surface area contributed by atoms with E-state index in [1.807, 2.05) is 0 Å². The van der Waals surface area contributed by atoms with E-state index in [9.17, 15) is 0 Å². The molecule has 0 bridgehead atoms. The summed E-state index contributed by atoms with van der Waals surface area (Å²) in [6, 6.07) is 78.9. The third kappa shape index (κ3) is 7.84. The first-order valence-electron chi connectivity index (χ1n) is 23.5. The average Bonchev–Trinajstić information content (AvgIpc) is 3.68. The summed E-state index contributed by atoms with van der Waals surface area (Å²) < 4.78 is 2.42. The molecule has 1 aromatic heterocycles. The first kappa shape index (κ1) is 40.4. The summed E-state index contributed by atoms with van der Waals surface area (Å²) in [6.45, 7) is 6.88. The van der Waals surface area contributed by atoms with Gasteiger partial charge in [0, 0.05) is 33.5 Å². The van der Waals surface area contributed by atoms with Gasteiger partial charge in [-0.05, 0) is 173 Å². The van der Waals surface area contributed by atoms with Gasteiger partial charge in [-0.2, -0.15) is 0 Å². The molecule has 9 aromatic carbocycles. The van der Waals surface area contributed by atoms with E-state index < -0.39 is 0 Å². The molecule has 0 N–H and O–H groups in total. The van der Waals surface area contributed by atoms with Crippen LogP contribution in [0.25, 0.3) is 60.9 Å². The Bertz CT molecular complexity index is 3210. The van der Waals surface area contributed by atoms with E-state index in [1.54, 1.807) is 0 Å². The van der Waals surface area contributed by atoms with Gasteiger partial charge in [0.2, 0.25) is 0 Å². The SMILES string of the molecule is CCC(CC(C)c1ccc(-c2ccc3c(c2)c2cc(-c4ccc(N(c5ccccc5)c5ccccc5)cc4)ccc2n3-c2ccc(C)cc2)cc1)c1ccc(-c2ccc3c(c2)CC3)cc1. The van der Waals surface area contributed by atoms with Crippen LogP contribution < -0.4 is 4.90 Å². The molecule has 2 unspecified atom stereocenters. The smallest absolute Gasteiger partial charge is 0.0541 e. The molecule has 0 aliphatic heterocycles. The topological polar surface area (TPSA) is 8.17 Å². The van der Waals surface area contributed by atoms with Gasteiger partial charge in [0.15, 0.2) is 0 Å². The Hall–Kier alpha value is -7.42. The third-order valence-electron chi connectivity index (χ3n) is 14.1. The summed E-state index contributed by atoms with van der Waals surface area (Å²) in [5, 5.41) is 2.51. The van der Waals surface area contributed by atoms with Crippen LogP contribution in [0.3, 0.4) is 0 Å². The molecule has 0 saturated carbocycles. The first-order valence-corrected chi connectivity index (χ1v) is 23.5. The summed E-state index contributed by atoms with van der Waals surface area (Å²) in [6.07, 6.45) is 4.71. The highest BCUT2D eigenvalue weighted by Gasteiger charge is 2.19. The van der Waals surface area contributed by atoms with E-state index in [0.717, 1.165) is 29.9 Å². The fourth-order valence-corrected chi connectivity index (χ4v) is 10.2. The van der Waals surface area contributed by atoms with Crippen molar-refractivity contribution in [3.63, 3.8) is 0 Å². The van der Waals surface area contributed by atoms with Crippen LogP contribution in [0.4, 0.5) is 17.1 Å². The van der Waals surface area contributed by atoms with E-state index in [4.69, 9.17) is 0 Å². The lowest BCUT2D eigenvalue weighted by atomic mass is 9.83. The van der Waals surface area contributed by atoms with E-state index >= 15 is 0 Å². The van der Waals surface area contributed by atoms with Gasteiger partial charge in [0.1, 0.15) is 0 Å². The Morgan fingerprint density at radius 3 is 1.42 bits per heavy atom. The summed E-state index contributed by atoms with van der Waals surface area (Å²) in [5.74, 6) is 0.966. The number of fused-ring (bicyclic) bond motifs is 4. The first-order chi connectivity index (χ1) is 32.0. The van der Waals surface area contributed by atoms with E-state index in [0.29, 0.717) is 11.8 Å². The molecule has 0 saturated heterocycles. The van der Waals surface area contributed by atoms with Crippen molar-refractivity contribution in [1.29, 1.82) is 0 Å². The zero-order chi connectivity index (χ0) is 43.9. The molecular weight excluding hydrogens is 785 g/mol. The van der Waals surface area contributed by atoms with Gasteiger partial charge in [-0.15, -0.1) is 0 Å². The number of nitrogens with zero attached hydrogens (tertiary/aromatic N) is 2. The lowest BCUT2D eigenvalue weighted by Crippen LogP contribution is -2.09. The van der Waals surface area contributed by atoms with Crippen molar-refractivity contribution < 1.29 is 0 Å². The highest BCUT2D eigenvalue weighted by molar-refractivity contribution is 6.11. The molecule has 2 nitrogen and oxygen atoms in total. The minimum Gasteiger partial charge on any atom is -0.311 e. The average molecular weight is 839 g/mol. The number of hydrogen-bond acceptors (Lipinski definition) is 1. The van der Waals surface area contributed by atoms with Crippen LogP contribution in [0.2, 0.25) is 0 Å². The van der Waals surface area contributed by atoms with E-state index in [-0.39, 0.29) is 0 Å². The van der Waals surface area contributed by atoms with Gasteiger partial charge in [-0.1, -0.05) is 159 Å². The maximum absolute atomic E-state index is 2.42. The van der Waals surface area contributed by atoms with Crippen LogP contribution in [-0.4, -0.2) is 4.57 Å². The zero-order valence-corrected chi connectivity index (χ0v) is 37.6. The molecule has 65 heavy (non-hydrogen) atoms. The lowest BCUT2D eigenvalue weighted by Gasteiger charge is -2.25. The van der Waals surface area contributed by atoms with Crippen LogP contribution in [0, 0.1) is 6.92 Å². The number of aromatic nitrogens is 1. The van der Waals surface area contributed by atoms with Crippen LogP contribution in [0.5, 0.6) is 0 Å². The molecule has 11 rings (SSSR count). The number of para-hydroxylation sites is 2. The largest absolute Gasteiger partial charge is 0.311 e. The number of hydrogen-bond donors (Lipinski definition) is 0. The summed E-state index contributed by atoms with van der Waals surface area (Å²) in [7, 11) is 0. The fourth-order valence-electron chi connectivity index (χ4n) is 10.2. The molecule has 0 fully saturated rings. The maximum atomic E-state index is 2.42. The van der Waals surface area contributed by atoms with Gasteiger partial charge >= 0.3 is 0 Å². The Labute approximate surface area is 384 Å². The highest BCUT2D eigenvalue weighted by atomic mass is 15.1. The van der Waals surface area contributed by atoms with Crippen LogP contribution in [0.1, 0.15) is 66.3 Å². The Morgan fingerprint density at radius 2 is 0.908 bits per heavy atom. The standard InChI is InChI=1S/C63H54N2/c1-4-45(47-21-23-48(24-22-47)52-27-25-49-26-28-53(49)40-52)39-44(3)46-17-19-50(20-18-46)54-31-37-62-60(41-54)61-42-55(32-38-63(61)65(62)59-33-15-43(2)16-34-59)51-29-35-58(36-30-51)64(56-11-7-5-8-12-56)57-13-9-6-10-14-57/h5-25,27,29-38,40-42,44-45H,4,26,28,39H2,1-3H3. The second-order valence-electron chi connectivity index (χ2n) is 18.2. The predicted molar refractivity (Wildman–Crippen MR) is 276 cm³/mol. The van der Waals surface area contributed by atoms with Crippen molar-refractivity contribution in [2.75, 3.05) is 4.90 Å². The highest BCUT2D eigenvalue weighted by Crippen LogP contribution is 2.40. The Balaban J connectivity index is 0.886. The maximum Gasteiger partial charge on any atom is 0.0541 e. The molecule has 0 radical (unpaired) electrons. The third-order valence-corrected chi connectivity index (χ3v) is 14.1. The van der Waals surface area contributed by atoms with Crippen molar-refractivity contribution in [2.45, 2.75) is 58.3 Å². The molecule has 1 heterocycles. The second-order valence-corrected chi connectivity index (χ2v) is 18.2. The molecule has 1 aliphatic rings. The van der Waals surface area contributed by atoms with Gasteiger partial charge in [0.25, 0.3) is 0 Å². The fraction of sp³-hybridized carbons (Fsp3) is 0.143. The molecular formula is C63H54N2. The monoisotopic (exact) mass is 838 g/mol. The van der Waals surface area contributed by atoms with E-state index in [2.05, 4.69) is 243 Å². The molecule has 0 spiro atoms. The van der Waals surface area contributed by atoms with Crippen molar-refractivity contribution in [1.82, 2.24) is 4.57 Å². The Morgan fingerprint density at radius 1 is 0.446 bits per heavy atom. The molecule has 2 heteroatoms. The minimum atomic E-state index is 0.448. The van der Waals surface area contributed by atoms with Crippen molar-refractivity contribution in [2.24, 2.45) is 0 Å². The predicted octanol–water partition coefficient (Wildman–Crippen LogP) is 17.3. The molecule has 316 valence electrons. The summed E-state index contributed by atoms with van der Waals surface area (Å²) in [5.41, 5.74) is 21.6. The van der Waals surface area contributed by atoms with Crippen LogP contribution >= 0.6 is 0 Å². The van der Waals surface area contributed by atoms with Crippen LogP contribution in [-0.2, 0) is 12.8 Å². The lowest BCUT2D eigenvalue weighted by molar-refractivity contribution is 0.544. The Kier molecular flexibility index (Phi) is 10.7. The molecule has 2 atom stereocenters. The number of anilines is 3. The molecule has 0 amide bonds. The molecule has 10 aromatic rings. The van der Waals surface area contributed by atoms with Gasteiger partial charge < -0.3 is 9.47 Å². The second kappa shape index (κ2) is 17.3. The van der Waals surface area contributed by atoms with Gasteiger partial charge in [-0.25, -0.2) is 0 Å². The minimum absolute atomic E-state index is 0.448. The quantitative estimate of drug-likeness (QED) is 0.119. The summed E-state index contributed by atoms with van der Waals surface area (Å²) in [4.78, 5) is 2.31. The van der Waals surface area contributed by atoms with E-state index in [1.165, 1.54) is 102 Å². The van der Waals surface area contributed by atoms with Crippen molar-refractivity contribution in [3.05, 3.63) is 240 Å².